The summed E-state index contributed by atoms with van der Waals surface area (Å²) in [6, 6.07) is 1.58. The Hall–Kier alpha value is -0.840. The van der Waals surface area contributed by atoms with E-state index in [0.717, 1.165) is 13.1 Å². The van der Waals surface area contributed by atoms with Crippen LogP contribution in [0.3, 0.4) is 0 Å². The fourth-order valence-corrected chi connectivity index (χ4v) is 4.34. The molecule has 1 aliphatic carbocycles. The van der Waals surface area contributed by atoms with Crippen molar-refractivity contribution in [2.75, 3.05) is 19.6 Å². The number of hydrogen-bond acceptors (Lipinski definition) is 3. The van der Waals surface area contributed by atoms with E-state index in [-0.39, 0.29) is 16.6 Å². The van der Waals surface area contributed by atoms with Gasteiger partial charge in [-0.1, -0.05) is 48.9 Å². The lowest BCUT2D eigenvalue weighted by Gasteiger charge is -2.48. The van der Waals surface area contributed by atoms with E-state index in [0.29, 0.717) is 17.1 Å². The zero-order valence-corrected chi connectivity index (χ0v) is 15.5. The highest BCUT2D eigenvalue weighted by atomic mass is 35.5. The SMILES string of the molecule is O=C(NCC1(N2CCCCC2)CCCCC1)c1cnc(Cl)c(Cl)c1. The Labute approximate surface area is 153 Å². The summed E-state index contributed by atoms with van der Waals surface area (Å²) in [6.07, 6.45) is 11.5. The number of amides is 1. The van der Waals surface area contributed by atoms with Crippen LogP contribution in [0.15, 0.2) is 12.3 Å². The van der Waals surface area contributed by atoms with Gasteiger partial charge in [-0.3, -0.25) is 9.69 Å². The summed E-state index contributed by atoms with van der Waals surface area (Å²) in [5.41, 5.74) is 0.590. The Morgan fingerprint density at radius 2 is 1.79 bits per heavy atom. The van der Waals surface area contributed by atoms with Gasteiger partial charge in [0.2, 0.25) is 0 Å². The fourth-order valence-electron chi connectivity index (χ4n) is 4.08. The molecule has 132 valence electrons. The van der Waals surface area contributed by atoms with Gasteiger partial charge < -0.3 is 5.32 Å². The maximum atomic E-state index is 12.5. The molecular weight excluding hydrogens is 345 g/mol. The summed E-state index contributed by atoms with van der Waals surface area (Å²) in [4.78, 5) is 19.1. The fraction of sp³-hybridized carbons (Fsp3) is 0.667. The van der Waals surface area contributed by atoms with E-state index < -0.39 is 0 Å². The third-order valence-corrected chi connectivity index (χ3v) is 6.13. The number of carbonyl (C=O) groups excluding carboxylic acids is 1. The average molecular weight is 370 g/mol. The third kappa shape index (κ3) is 4.04. The van der Waals surface area contributed by atoms with Crippen molar-refractivity contribution in [3.63, 3.8) is 0 Å². The van der Waals surface area contributed by atoms with Gasteiger partial charge in [-0.05, 0) is 44.8 Å². The number of likely N-dealkylation sites (tertiary alicyclic amines) is 1. The van der Waals surface area contributed by atoms with Gasteiger partial charge in [-0.25, -0.2) is 4.98 Å². The second kappa shape index (κ2) is 8.03. The Morgan fingerprint density at radius 1 is 1.12 bits per heavy atom. The van der Waals surface area contributed by atoms with Crippen molar-refractivity contribution in [3.05, 3.63) is 28.0 Å². The predicted molar refractivity (Wildman–Crippen MR) is 97.8 cm³/mol. The topological polar surface area (TPSA) is 45.2 Å². The van der Waals surface area contributed by atoms with Crippen LogP contribution in [0, 0.1) is 0 Å². The molecule has 1 aliphatic heterocycles. The molecule has 0 radical (unpaired) electrons. The van der Waals surface area contributed by atoms with E-state index >= 15 is 0 Å². The number of rotatable bonds is 4. The first-order valence-corrected chi connectivity index (χ1v) is 9.71. The molecule has 1 aromatic rings. The van der Waals surface area contributed by atoms with Gasteiger partial charge in [0.05, 0.1) is 10.6 Å². The Balaban J connectivity index is 1.68. The molecule has 1 N–H and O–H groups in total. The molecule has 2 heterocycles. The van der Waals surface area contributed by atoms with Gasteiger partial charge in [-0.15, -0.1) is 0 Å². The van der Waals surface area contributed by atoms with Gasteiger partial charge in [0.15, 0.2) is 0 Å². The van der Waals surface area contributed by atoms with Gasteiger partial charge in [0.1, 0.15) is 5.15 Å². The Bertz CT molecular complexity index is 582. The van der Waals surface area contributed by atoms with Gasteiger partial charge in [0.25, 0.3) is 5.91 Å². The smallest absolute Gasteiger partial charge is 0.252 e. The molecular formula is C18H25Cl2N3O. The summed E-state index contributed by atoms with van der Waals surface area (Å²) in [6.45, 7) is 3.01. The second-order valence-corrected chi connectivity index (χ2v) is 7.78. The first kappa shape index (κ1) is 18.0. The van der Waals surface area contributed by atoms with Crippen LogP contribution in [0.4, 0.5) is 0 Å². The number of hydrogen-bond donors (Lipinski definition) is 1. The average Bonchev–Trinajstić information content (AvgIpc) is 2.63. The minimum Gasteiger partial charge on any atom is -0.350 e. The zero-order valence-electron chi connectivity index (χ0n) is 14.0. The molecule has 0 unspecified atom stereocenters. The number of piperidine rings is 1. The number of pyridine rings is 1. The van der Waals surface area contributed by atoms with E-state index in [1.807, 2.05) is 0 Å². The molecule has 1 saturated heterocycles. The van der Waals surface area contributed by atoms with Crippen molar-refractivity contribution in [2.24, 2.45) is 0 Å². The van der Waals surface area contributed by atoms with Crippen LogP contribution in [0.5, 0.6) is 0 Å². The lowest BCUT2D eigenvalue weighted by molar-refractivity contribution is 0.0326. The lowest BCUT2D eigenvalue weighted by Crippen LogP contribution is -2.58. The number of nitrogens with zero attached hydrogens (tertiary/aromatic N) is 2. The molecule has 0 spiro atoms. The van der Waals surface area contributed by atoms with Crippen molar-refractivity contribution in [3.8, 4) is 0 Å². The molecule has 1 aromatic heterocycles. The quantitative estimate of drug-likeness (QED) is 0.804. The predicted octanol–water partition coefficient (Wildman–Crippen LogP) is 4.31. The Morgan fingerprint density at radius 3 is 2.46 bits per heavy atom. The van der Waals surface area contributed by atoms with E-state index in [1.54, 1.807) is 6.07 Å². The summed E-state index contributed by atoms with van der Waals surface area (Å²) in [7, 11) is 0. The molecule has 24 heavy (non-hydrogen) atoms. The molecule has 1 amide bonds. The van der Waals surface area contributed by atoms with Crippen molar-refractivity contribution in [1.82, 2.24) is 15.2 Å². The zero-order chi connectivity index (χ0) is 17.0. The molecule has 6 heteroatoms. The first-order valence-electron chi connectivity index (χ1n) is 8.95. The molecule has 3 rings (SSSR count). The van der Waals surface area contributed by atoms with Crippen molar-refractivity contribution < 1.29 is 4.79 Å². The van der Waals surface area contributed by atoms with E-state index in [4.69, 9.17) is 23.2 Å². The number of carbonyl (C=O) groups is 1. The molecule has 4 nitrogen and oxygen atoms in total. The number of aromatic nitrogens is 1. The lowest BCUT2D eigenvalue weighted by atomic mass is 9.79. The van der Waals surface area contributed by atoms with Gasteiger partial charge in [0, 0.05) is 18.3 Å². The van der Waals surface area contributed by atoms with E-state index in [9.17, 15) is 4.79 Å². The summed E-state index contributed by atoms with van der Waals surface area (Å²) in [5.74, 6) is -0.122. The normalized spacial score (nSPS) is 21.4. The molecule has 2 aliphatic rings. The number of nitrogens with one attached hydrogen (secondary N) is 1. The highest BCUT2D eigenvalue weighted by Crippen LogP contribution is 2.35. The van der Waals surface area contributed by atoms with Crippen LogP contribution in [-0.4, -0.2) is 41.0 Å². The van der Waals surface area contributed by atoms with Crippen LogP contribution < -0.4 is 5.32 Å². The van der Waals surface area contributed by atoms with Crippen LogP contribution in [0.25, 0.3) is 0 Å². The molecule has 2 fully saturated rings. The molecule has 0 atom stereocenters. The van der Waals surface area contributed by atoms with Crippen LogP contribution >= 0.6 is 23.2 Å². The van der Waals surface area contributed by atoms with Crippen molar-refractivity contribution in [1.29, 1.82) is 0 Å². The van der Waals surface area contributed by atoms with Crippen LogP contribution in [0.2, 0.25) is 10.2 Å². The minimum absolute atomic E-state index is 0.122. The highest BCUT2D eigenvalue weighted by molar-refractivity contribution is 6.41. The first-order chi connectivity index (χ1) is 11.6. The maximum Gasteiger partial charge on any atom is 0.252 e. The number of halogens is 2. The van der Waals surface area contributed by atoms with Crippen LogP contribution in [-0.2, 0) is 0 Å². The monoisotopic (exact) mass is 369 g/mol. The van der Waals surface area contributed by atoms with E-state index in [2.05, 4.69) is 15.2 Å². The van der Waals surface area contributed by atoms with Gasteiger partial charge >= 0.3 is 0 Å². The largest absolute Gasteiger partial charge is 0.350 e. The third-order valence-electron chi connectivity index (χ3n) is 5.45. The summed E-state index contributed by atoms with van der Waals surface area (Å²) in [5, 5.41) is 3.67. The minimum atomic E-state index is -0.122. The highest BCUT2D eigenvalue weighted by Gasteiger charge is 2.38. The summed E-state index contributed by atoms with van der Waals surface area (Å²) < 4.78 is 0. The maximum absolute atomic E-state index is 12.5. The Kier molecular flexibility index (Phi) is 6.01. The summed E-state index contributed by atoms with van der Waals surface area (Å²) >= 11 is 11.8. The van der Waals surface area contributed by atoms with Crippen molar-refractivity contribution >= 4 is 29.1 Å². The van der Waals surface area contributed by atoms with Gasteiger partial charge in [-0.2, -0.15) is 0 Å². The van der Waals surface area contributed by atoms with Crippen molar-refractivity contribution in [2.45, 2.75) is 56.9 Å². The molecule has 1 saturated carbocycles. The molecule has 0 aromatic carbocycles. The van der Waals surface area contributed by atoms with E-state index in [1.165, 1.54) is 57.6 Å². The standard InChI is InChI=1S/C18H25Cl2N3O/c19-15-11-14(12-21-16(15)20)17(24)22-13-18(7-3-1-4-8-18)23-9-5-2-6-10-23/h11-12H,1-10,13H2,(H,22,24). The second-order valence-electron chi connectivity index (χ2n) is 7.01. The molecule has 0 bridgehead atoms. The van der Waals surface area contributed by atoms with Crippen LogP contribution in [0.1, 0.15) is 61.7 Å².